The van der Waals surface area contributed by atoms with E-state index < -0.39 is 0 Å². The van der Waals surface area contributed by atoms with E-state index in [1.54, 1.807) is 6.07 Å². The van der Waals surface area contributed by atoms with Gasteiger partial charge in [0, 0.05) is 9.50 Å². The summed E-state index contributed by atoms with van der Waals surface area (Å²) in [5.74, 6) is 0. The second kappa shape index (κ2) is 4.50. The zero-order valence-electron chi connectivity index (χ0n) is 7.06. The molecule has 1 aromatic rings. The lowest BCUT2D eigenvalue weighted by Gasteiger charge is -2.07. The van der Waals surface area contributed by atoms with Gasteiger partial charge < -0.3 is 5.32 Å². The molecule has 0 bridgehead atoms. The van der Waals surface area contributed by atoms with Gasteiger partial charge in [-0.2, -0.15) is 5.26 Å². The summed E-state index contributed by atoms with van der Waals surface area (Å²) < 4.78 is 0.921. The lowest BCUT2D eigenvalue weighted by Crippen LogP contribution is -1.99. The predicted octanol–water partition coefficient (Wildman–Crippen LogP) is 3.35. The van der Waals surface area contributed by atoms with E-state index in [4.69, 9.17) is 16.9 Å². The molecule has 0 spiro atoms. The molecule has 68 valence electrons. The van der Waals surface area contributed by atoms with E-state index in [0.29, 0.717) is 5.02 Å². The van der Waals surface area contributed by atoms with Crippen molar-refractivity contribution in [1.29, 1.82) is 5.26 Å². The number of nitrogens with zero attached hydrogens (tertiary/aromatic N) is 1. The second-order valence-corrected chi connectivity index (χ2v) is 3.85. The number of benzene rings is 1. The molecule has 1 N–H and O–H groups in total. The fourth-order valence-corrected chi connectivity index (χ4v) is 1.68. The van der Waals surface area contributed by atoms with Gasteiger partial charge in [-0.1, -0.05) is 11.6 Å². The highest BCUT2D eigenvalue weighted by atomic mass is 79.9. The first kappa shape index (κ1) is 10.4. The number of nitrogens with one attached hydrogen (secondary N) is 1. The maximum absolute atomic E-state index is 8.38. The molecule has 0 aliphatic heterocycles. The largest absolute Gasteiger partial charge is 0.371 e. The smallest absolute Gasteiger partial charge is 0.103 e. The summed E-state index contributed by atoms with van der Waals surface area (Å²) in [5.41, 5.74) is 1.85. The topological polar surface area (TPSA) is 35.8 Å². The highest BCUT2D eigenvalue weighted by Gasteiger charge is 2.02. The van der Waals surface area contributed by atoms with Gasteiger partial charge in [0.25, 0.3) is 0 Å². The van der Waals surface area contributed by atoms with Crippen LogP contribution in [0.3, 0.4) is 0 Å². The van der Waals surface area contributed by atoms with Crippen molar-refractivity contribution in [3.8, 4) is 6.07 Å². The minimum absolute atomic E-state index is 0.276. The summed E-state index contributed by atoms with van der Waals surface area (Å²) in [7, 11) is 0. The number of rotatable bonds is 2. The van der Waals surface area contributed by atoms with Crippen molar-refractivity contribution in [3.05, 3.63) is 27.2 Å². The van der Waals surface area contributed by atoms with Crippen molar-refractivity contribution in [2.45, 2.75) is 6.92 Å². The number of aryl methyl sites for hydroxylation is 1. The van der Waals surface area contributed by atoms with Gasteiger partial charge in [0.2, 0.25) is 0 Å². The minimum Gasteiger partial charge on any atom is -0.371 e. The van der Waals surface area contributed by atoms with Crippen molar-refractivity contribution in [2.24, 2.45) is 0 Å². The molecule has 4 heteroatoms. The van der Waals surface area contributed by atoms with Gasteiger partial charge in [-0.3, -0.25) is 0 Å². The van der Waals surface area contributed by atoms with Crippen LogP contribution in [0, 0.1) is 18.3 Å². The molecule has 0 fully saturated rings. The molecule has 0 radical (unpaired) electrons. The van der Waals surface area contributed by atoms with Crippen molar-refractivity contribution < 1.29 is 0 Å². The summed E-state index contributed by atoms with van der Waals surface area (Å²) in [6.45, 7) is 2.21. The Kier molecular flexibility index (Phi) is 3.58. The van der Waals surface area contributed by atoms with Crippen LogP contribution in [-0.2, 0) is 0 Å². The minimum atomic E-state index is 0.276. The van der Waals surface area contributed by atoms with Crippen molar-refractivity contribution in [3.63, 3.8) is 0 Å². The molecule has 1 rings (SSSR count). The number of halogens is 2. The summed E-state index contributed by atoms with van der Waals surface area (Å²) in [6, 6.07) is 5.73. The van der Waals surface area contributed by atoms with Crippen LogP contribution in [0.2, 0.25) is 5.02 Å². The molecule has 0 aliphatic carbocycles. The lowest BCUT2D eigenvalue weighted by molar-refractivity contribution is 1.30. The SMILES string of the molecule is Cc1cc(Br)c(NCC#N)cc1Cl. The maximum Gasteiger partial charge on any atom is 0.103 e. The number of hydrogen-bond donors (Lipinski definition) is 1. The third-order valence-electron chi connectivity index (χ3n) is 1.61. The summed E-state index contributed by atoms with van der Waals surface area (Å²) in [5, 5.41) is 12.0. The molecule has 0 aliphatic rings. The number of nitriles is 1. The molecule has 0 unspecified atom stereocenters. The molecule has 0 atom stereocenters. The molecule has 13 heavy (non-hydrogen) atoms. The Balaban J connectivity index is 2.96. The molecular formula is C9H8BrClN2. The van der Waals surface area contributed by atoms with Crippen LogP contribution in [0.25, 0.3) is 0 Å². The maximum atomic E-state index is 8.38. The average molecular weight is 260 g/mol. The van der Waals surface area contributed by atoms with Crippen molar-refractivity contribution in [1.82, 2.24) is 0 Å². The Morgan fingerprint density at radius 3 is 2.92 bits per heavy atom. The molecule has 2 nitrogen and oxygen atoms in total. The van der Waals surface area contributed by atoms with Gasteiger partial charge in [0.1, 0.15) is 6.54 Å². The lowest BCUT2D eigenvalue weighted by atomic mass is 10.2. The van der Waals surface area contributed by atoms with Gasteiger partial charge in [-0.15, -0.1) is 0 Å². The van der Waals surface area contributed by atoms with Crippen molar-refractivity contribution in [2.75, 3.05) is 11.9 Å². The van der Waals surface area contributed by atoms with E-state index in [9.17, 15) is 0 Å². The highest BCUT2D eigenvalue weighted by molar-refractivity contribution is 9.10. The van der Waals surface area contributed by atoms with Gasteiger partial charge in [-0.05, 0) is 40.5 Å². The Morgan fingerprint density at radius 1 is 1.62 bits per heavy atom. The second-order valence-electron chi connectivity index (χ2n) is 2.59. The quantitative estimate of drug-likeness (QED) is 0.827. The van der Waals surface area contributed by atoms with E-state index in [2.05, 4.69) is 21.2 Å². The standard InChI is InChI=1S/C9H8BrClN2/c1-6-4-7(10)9(5-8(6)11)13-3-2-12/h4-5,13H,3H2,1H3. The van der Waals surface area contributed by atoms with E-state index in [1.807, 2.05) is 19.1 Å². The first-order valence-corrected chi connectivity index (χ1v) is 4.88. The van der Waals surface area contributed by atoms with Gasteiger partial charge in [0.15, 0.2) is 0 Å². The molecule has 1 aromatic carbocycles. The molecule has 0 aromatic heterocycles. The van der Waals surface area contributed by atoms with Gasteiger partial charge in [-0.25, -0.2) is 0 Å². The van der Waals surface area contributed by atoms with Crippen LogP contribution in [0.15, 0.2) is 16.6 Å². The Bertz CT molecular complexity index is 357. The Labute approximate surface area is 90.6 Å². The van der Waals surface area contributed by atoms with Gasteiger partial charge >= 0.3 is 0 Å². The fraction of sp³-hybridized carbons (Fsp3) is 0.222. The fourth-order valence-electron chi connectivity index (χ4n) is 0.917. The zero-order valence-corrected chi connectivity index (χ0v) is 9.41. The highest BCUT2D eigenvalue weighted by Crippen LogP contribution is 2.28. The zero-order chi connectivity index (χ0) is 9.84. The molecule has 0 saturated heterocycles. The first-order chi connectivity index (χ1) is 6.15. The Morgan fingerprint density at radius 2 is 2.31 bits per heavy atom. The van der Waals surface area contributed by atoms with Crippen LogP contribution in [0.4, 0.5) is 5.69 Å². The van der Waals surface area contributed by atoms with Gasteiger partial charge in [0.05, 0.1) is 11.8 Å². The molecule has 0 amide bonds. The van der Waals surface area contributed by atoms with Crippen LogP contribution in [-0.4, -0.2) is 6.54 Å². The van der Waals surface area contributed by atoms with E-state index in [-0.39, 0.29) is 6.54 Å². The predicted molar refractivity (Wildman–Crippen MR) is 58.0 cm³/mol. The third kappa shape index (κ3) is 2.61. The van der Waals surface area contributed by atoms with Crippen LogP contribution in [0.1, 0.15) is 5.56 Å². The summed E-state index contributed by atoms with van der Waals surface area (Å²) >= 11 is 9.30. The van der Waals surface area contributed by atoms with E-state index >= 15 is 0 Å². The normalized spacial score (nSPS) is 9.38. The van der Waals surface area contributed by atoms with Crippen LogP contribution >= 0.6 is 27.5 Å². The molecule has 0 heterocycles. The van der Waals surface area contributed by atoms with E-state index in [0.717, 1.165) is 15.7 Å². The number of hydrogen-bond acceptors (Lipinski definition) is 2. The molecule has 0 saturated carbocycles. The first-order valence-electron chi connectivity index (χ1n) is 3.71. The molecular weight excluding hydrogens is 251 g/mol. The van der Waals surface area contributed by atoms with Crippen LogP contribution < -0.4 is 5.32 Å². The number of anilines is 1. The summed E-state index contributed by atoms with van der Waals surface area (Å²) in [6.07, 6.45) is 0. The average Bonchev–Trinajstić information content (AvgIpc) is 2.09. The third-order valence-corrected chi connectivity index (χ3v) is 2.67. The Hall–Kier alpha value is -0.720. The summed E-state index contributed by atoms with van der Waals surface area (Å²) in [4.78, 5) is 0. The van der Waals surface area contributed by atoms with Crippen molar-refractivity contribution >= 4 is 33.2 Å². The monoisotopic (exact) mass is 258 g/mol. The van der Waals surface area contributed by atoms with Crippen LogP contribution in [0.5, 0.6) is 0 Å². The van der Waals surface area contributed by atoms with E-state index in [1.165, 1.54) is 0 Å².